The quantitative estimate of drug-likeness (QED) is 0.360. The van der Waals surface area contributed by atoms with Gasteiger partial charge in [0.15, 0.2) is 0 Å². The van der Waals surface area contributed by atoms with E-state index >= 15 is 0 Å². The van der Waals surface area contributed by atoms with Gasteiger partial charge < -0.3 is 5.32 Å². The summed E-state index contributed by atoms with van der Waals surface area (Å²) in [6, 6.07) is 10.8. The van der Waals surface area contributed by atoms with Gasteiger partial charge in [-0.15, -0.1) is 0 Å². The monoisotopic (exact) mass is 375 g/mol. The minimum absolute atomic E-state index is 0.0101. The third-order valence-corrected chi connectivity index (χ3v) is 3.96. The fourth-order valence-electron chi connectivity index (χ4n) is 2.01. The standard InChI is InChI=1S/C17H11Cl2N3O3/c1-10-2-5-15(16(6-10)22(24)25)21-17(23)12(9-20)7-11-3-4-13(18)14(19)8-11/h2-8H,1H3,(H,21,23)/b12-7+. The van der Waals surface area contributed by atoms with Crippen molar-refractivity contribution in [1.82, 2.24) is 0 Å². The topological polar surface area (TPSA) is 96.0 Å². The lowest BCUT2D eigenvalue weighted by Gasteiger charge is -2.06. The summed E-state index contributed by atoms with van der Waals surface area (Å²) in [6.07, 6.45) is 1.32. The Morgan fingerprint density at radius 2 is 1.96 bits per heavy atom. The predicted octanol–water partition coefficient (Wildman–Crippen LogP) is 4.76. The Labute approximate surface area is 153 Å². The second-order valence-electron chi connectivity index (χ2n) is 5.08. The van der Waals surface area contributed by atoms with Crippen molar-refractivity contribution in [3.8, 4) is 6.07 Å². The molecule has 0 saturated carbocycles. The molecule has 6 nitrogen and oxygen atoms in total. The molecule has 0 saturated heterocycles. The van der Waals surface area contributed by atoms with E-state index in [9.17, 15) is 20.2 Å². The van der Waals surface area contributed by atoms with E-state index in [2.05, 4.69) is 5.32 Å². The number of nitriles is 1. The molecule has 0 radical (unpaired) electrons. The lowest BCUT2D eigenvalue weighted by molar-refractivity contribution is -0.384. The zero-order valence-electron chi connectivity index (χ0n) is 12.9. The first-order valence-corrected chi connectivity index (χ1v) is 7.70. The number of nitrogens with one attached hydrogen (secondary N) is 1. The minimum Gasteiger partial charge on any atom is -0.316 e. The number of nitro groups is 1. The van der Waals surface area contributed by atoms with Crippen LogP contribution in [-0.2, 0) is 4.79 Å². The summed E-state index contributed by atoms with van der Waals surface area (Å²) in [7, 11) is 0. The lowest BCUT2D eigenvalue weighted by atomic mass is 10.1. The molecule has 2 aromatic carbocycles. The van der Waals surface area contributed by atoms with E-state index in [0.29, 0.717) is 16.1 Å². The highest BCUT2D eigenvalue weighted by molar-refractivity contribution is 6.42. The van der Waals surface area contributed by atoms with Crippen LogP contribution >= 0.6 is 23.2 Å². The molecular weight excluding hydrogens is 365 g/mol. The molecule has 1 amide bonds. The van der Waals surface area contributed by atoms with Crippen molar-refractivity contribution >= 4 is 46.6 Å². The van der Waals surface area contributed by atoms with Crippen LogP contribution in [0.2, 0.25) is 10.0 Å². The number of halogens is 2. The maximum Gasteiger partial charge on any atom is 0.293 e. The maximum absolute atomic E-state index is 12.3. The van der Waals surface area contributed by atoms with Crippen LogP contribution in [-0.4, -0.2) is 10.8 Å². The van der Waals surface area contributed by atoms with Gasteiger partial charge in [0.25, 0.3) is 11.6 Å². The smallest absolute Gasteiger partial charge is 0.293 e. The van der Waals surface area contributed by atoms with Crippen molar-refractivity contribution in [2.75, 3.05) is 5.32 Å². The van der Waals surface area contributed by atoms with Gasteiger partial charge in [0.05, 0.1) is 15.0 Å². The lowest BCUT2D eigenvalue weighted by Crippen LogP contribution is -2.14. The van der Waals surface area contributed by atoms with E-state index in [0.717, 1.165) is 0 Å². The number of carbonyl (C=O) groups excluding carboxylic acids is 1. The molecule has 126 valence electrons. The van der Waals surface area contributed by atoms with Gasteiger partial charge >= 0.3 is 0 Å². The second-order valence-corrected chi connectivity index (χ2v) is 5.89. The third-order valence-electron chi connectivity index (χ3n) is 3.22. The largest absolute Gasteiger partial charge is 0.316 e. The van der Waals surface area contributed by atoms with Gasteiger partial charge in [-0.1, -0.05) is 35.3 Å². The Kier molecular flexibility index (Phi) is 5.75. The summed E-state index contributed by atoms with van der Waals surface area (Å²) in [5.41, 5.74) is 0.709. The van der Waals surface area contributed by atoms with E-state index in [1.807, 2.05) is 0 Å². The Hall–Kier alpha value is -2.88. The van der Waals surface area contributed by atoms with Crippen molar-refractivity contribution in [3.05, 3.63) is 73.3 Å². The average molecular weight is 376 g/mol. The van der Waals surface area contributed by atoms with Crippen LogP contribution in [0.4, 0.5) is 11.4 Å². The molecular formula is C17H11Cl2N3O3. The number of nitrogens with zero attached hydrogens (tertiary/aromatic N) is 2. The number of rotatable bonds is 4. The predicted molar refractivity (Wildman–Crippen MR) is 96.5 cm³/mol. The highest BCUT2D eigenvalue weighted by Crippen LogP contribution is 2.26. The second kappa shape index (κ2) is 7.79. The number of benzene rings is 2. The third kappa shape index (κ3) is 4.57. The molecule has 0 aliphatic rings. The van der Waals surface area contributed by atoms with E-state index in [1.165, 1.54) is 30.3 Å². The zero-order chi connectivity index (χ0) is 18.6. The van der Waals surface area contributed by atoms with Gasteiger partial charge in [-0.25, -0.2) is 0 Å². The van der Waals surface area contributed by atoms with Crippen molar-refractivity contribution in [2.24, 2.45) is 0 Å². The molecule has 0 fully saturated rings. The van der Waals surface area contributed by atoms with Crippen LogP contribution in [0.15, 0.2) is 42.0 Å². The molecule has 8 heteroatoms. The highest BCUT2D eigenvalue weighted by Gasteiger charge is 2.18. The number of amides is 1. The van der Waals surface area contributed by atoms with Crippen molar-refractivity contribution in [3.63, 3.8) is 0 Å². The van der Waals surface area contributed by atoms with Crippen LogP contribution in [0.1, 0.15) is 11.1 Å². The molecule has 0 aromatic heterocycles. The van der Waals surface area contributed by atoms with E-state index in [1.54, 1.807) is 25.1 Å². The molecule has 0 spiro atoms. The van der Waals surface area contributed by atoms with Crippen LogP contribution in [0.25, 0.3) is 6.08 Å². The summed E-state index contributed by atoms with van der Waals surface area (Å²) in [5, 5.41) is 23.3. The highest BCUT2D eigenvalue weighted by atomic mass is 35.5. The van der Waals surface area contributed by atoms with Crippen molar-refractivity contribution in [2.45, 2.75) is 6.92 Å². The molecule has 2 rings (SSSR count). The molecule has 0 heterocycles. The van der Waals surface area contributed by atoms with Crippen LogP contribution in [0.5, 0.6) is 0 Å². The van der Waals surface area contributed by atoms with E-state index < -0.39 is 10.8 Å². The minimum atomic E-state index is -0.763. The normalized spacial score (nSPS) is 10.9. The van der Waals surface area contributed by atoms with Crippen LogP contribution < -0.4 is 5.32 Å². The summed E-state index contributed by atoms with van der Waals surface area (Å²) in [4.78, 5) is 22.8. The fraction of sp³-hybridized carbons (Fsp3) is 0.0588. The van der Waals surface area contributed by atoms with E-state index in [-0.39, 0.29) is 22.0 Å². The van der Waals surface area contributed by atoms with Gasteiger partial charge in [0.1, 0.15) is 17.3 Å². The SMILES string of the molecule is Cc1ccc(NC(=O)/C(C#N)=C/c2ccc(Cl)c(Cl)c2)c([N+](=O)[O-])c1. The van der Waals surface area contributed by atoms with Crippen molar-refractivity contribution < 1.29 is 9.72 Å². The Morgan fingerprint density at radius 3 is 2.56 bits per heavy atom. The molecule has 0 aliphatic carbocycles. The van der Waals surface area contributed by atoms with Gasteiger partial charge in [0.2, 0.25) is 0 Å². The molecule has 0 aliphatic heterocycles. The summed E-state index contributed by atoms with van der Waals surface area (Å²) >= 11 is 11.7. The Bertz CT molecular complexity index is 933. The van der Waals surface area contributed by atoms with E-state index in [4.69, 9.17) is 23.2 Å². The van der Waals surface area contributed by atoms with Crippen LogP contribution in [0, 0.1) is 28.4 Å². The number of hydrogen-bond acceptors (Lipinski definition) is 4. The molecule has 25 heavy (non-hydrogen) atoms. The first-order chi connectivity index (χ1) is 11.8. The summed E-state index contributed by atoms with van der Waals surface area (Å²) in [5.74, 6) is -0.763. The van der Waals surface area contributed by atoms with Gasteiger partial charge in [-0.2, -0.15) is 5.26 Å². The van der Waals surface area contributed by atoms with Crippen LogP contribution in [0.3, 0.4) is 0 Å². The maximum atomic E-state index is 12.3. The number of nitro benzene ring substituents is 1. The van der Waals surface area contributed by atoms with Crippen molar-refractivity contribution in [1.29, 1.82) is 5.26 Å². The molecule has 0 bridgehead atoms. The Balaban J connectivity index is 2.32. The molecule has 0 atom stereocenters. The molecule has 1 N–H and O–H groups in total. The van der Waals surface area contributed by atoms with Gasteiger partial charge in [-0.05, 0) is 42.3 Å². The van der Waals surface area contributed by atoms with Gasteiger partial charge in [-0.3, -0.25) is 14.9 Å². The average Bonchev–Trinajstić information content (AvgIpc) is 2.57. The molecule has 2 aromatic rings. The fourth-order valence-corrected chi connectivity index (χ4v) is 2.31. The first kappa shape index (κ1) is 18.5. The number of aryl methyl sites for hydroxylation is 1. The summed E-state index contributed by atoms with van der Waals surface area (Å²) in [6.45, 7) is 1.70. The summed E-state index contributed by atoms with van der Waals surface area (Å²) < 4.78 is 0. The first-order valence-electron chi connectivity index (χ1n) is 6.95. The number of carbonyl (C=O) groups is 1. The number of hydrogen-bond donors (Lipinski definition) is 1. The zero-order valence-corrected chi connectivity index (χ0v) is 14.4. The number of anilines is 1. The molecule has 0 unspecified atom stereocenters. The van der Waals surface area contributed by atoms with Gasteiger partial charge in [0, 0.05) is 6.07 Å². The Morgan fingerprint density at radius 1 is 1.24 bits per heavy atom.